The summed E-state index contributed by atoms with van der Waals surface area (Å²) in [6.45, 7) is 6.58. The summed E-state index contributed by atoms with van der Waals surface area (Å²) in [5.74, 6) is -2.51. The van der Waals surface area contributed by atoms with E-state index in [1.54, 1.807) is 0 Å². The molecule has 78 valence electrons. The van der Waals surface area contributed by atoms with Crippen LogP contribution in [-0.4, -0.2) is 40.8 Å². The molecule has 0 spiro atoms. The number of ketones is 1. The number of carbonyl (C=O) groups excluding carboxylic acids is 3. The highest BCUT2D eigenvalue weighted by molar-refractivity contribution is 6.34. The van der Waals surface area contributed by atoms with Crippen LogP contribution in [-0.2, 0) is 19.1 Å². The van der Waals surface area contributed by atoms with Gasteiger partial charge in [-0.05, 0) is 5.41 Å². The van der Waals surface area contributed by atoms with Gasteiger partial charge in [-0.1, -0.05) is 20.8 Å². The summed E-state index contributed by atoms with van der Waals surface area (Å²) in [4.78, 5) is 32.0. The average Bonchev–Trinajstić information content (AvgIpc) is 1.81. The Morgan fingerprint density at radius 2 is 1.57 bits per heavy atom. The zero-order valence-corrected chi connectivity index (χ0v) is 8.34. The molecule has 0 unspecified atom stereocenters. The zero-order valence-electron chi connectivity index (χ0n) is 8.34. The molecule has 0 heterocycles. The van der Waals surface area contributed by atoms with Crippen LogP contribution in [0.25, 0.3) is 0 Å². The number of hydrogen-bond donors (Lipinski definition) is 0. The van der Waals surface area contributed by atoms with Crippen molar-refractivity contribution in [3.63, 3.8) is 0 Å². The van der Waals surface area contributed by atoms with Crippen molar-refractivity contribution < 1.29 is 19.1 Å². The third kappa shape index (κ3) is 8.19. The molecule has 0 amide bonds. The lowest BCUT2D eigenvalue weighted by atomic mass is 9.92. The molecular formula is C9H16MgO4. The molecule has 14 heavy (non-hydrogen) atoms. The smallest absolute Gasteiger partial charge is 0.381 e. The SMILES string of the molecule is CC(=O)C(=O)OC(=O)CC(C)(C)C.[MgH2]. The van der Waals surface area contributed by atoms with Crippen LogP contribution in [0, 0.1) is 5.41 Å². The molecule has 0 aliphatic heterocycles. The first-order chi connectivity index (χ1) is 5.72. The molecule has 0 aromatic rings. The standard InChI is InChI=1S/C9H14O4.Mg.2H/c1-6(10)8(12)13-7(11)5-9(2,3)4;;;/h5H2,1-4H3;;;. The highest BCUT2D eigenvalue weighted by Gasteiger charge is 2.21. The molecule has 0 bridgehead atoms. The van der Waals surface area contributed by atoms with E-state index in [1.165, 1.54) is 0 Å². The predicted octanol–water partition coefficient (Wildman–Crippen LogP) is 0.165. The Morgan fingerprint density at radius 3 is 1.86 bits per heavy atom. The number of Topliss-reactive ketones (excluding diaryl/α,β-unsaturated/α-hetero) is 1. The van der Waals surface area contributed by atoms with E-state index in [9.17, 15) is 14.4 Å². The van der Waals surface area contributed by atoms with Crippen molar-refractivity contribution in [3.8, 4) is 0 Å². The van der Waals surface area contributed by atoms with Gasteiger partial charge in [0.05, 0.1) is 6.42 Å². The van der Waals surface area contributed by atoms with Crippen LogP contribution in [0.3, 0.4) is 0 Å². The summed E-state index contributed by atoms with van der Waals surface area (Å²) < 4.78 is 4.26. The fourth-order valence-electron chi connectivity index (χ4n) is 0.644. The minimum Gasteiger partial charge on any atom is -0.387 e. The second-order valence-corrected chi connectivity index (χ2v) is 4.06. The van der Waals surface area contributed by atoms with Crippen molar-refractivity contribution in [1.82, 2.24) is 0 Å². The molecule has 0 atom stereocenters. The van der Waals surface area contributed by atoms with E-state index in [4.69, 9.17) is 0 Å². The van der Waals surface area contributed by atoms with E-state index in [0.29, 0.717) is 0 Å². The summed E-state index contributed by atoms with van der Waals surface area (Å²) in [6, 6.07) is 0. The lowest BCUT2D eigenvalue weighted by Gasteiger charge is -2.15. The summed E-state index contributed by atoms with van der Waals surface area (Å²) in [7, 11) is 0. The van der Waals surface area contributed by atoms with Crippen LogP contribution in [0.15, 0.2) is 0 Å². The Bertz CT molecular complexity index is 240. The van der Waals surface area contributed by atoms with Crippen LogP contribution >= 0.6 is 0 Å². The van der Waals surface area contributed by atoms with E-state index in [0.717, 1.165) is 6.92 Å². The number of ether oxygens (including phenoxy) is 1. The number of hydrogen-bond acceptors (Lipinski definition) is 4. The molecule has 0 rings (SSSR count). The highest BCUT2D eigenvalue weighted by atomic mass is 24.3. The monoisotopic (exact) mass is 212 g/mol. The van der Waals surface area contributed by atoms with Crippen LogP contribution in [0.4, 0.5) is 0 Å². The molecule has 0 N–H and O–H groups in total. The van der Waals surface area contributed by atoms with Crippen molar-refractivity contribution in [3.05, 3.63) is 0 Å². The van der Waals surface area contributed by atoms with E-state index in [2.05, 4.69) is 4.74 Å². The van der Waals surface area contributed by atoms with Crippen molar-refractivity contribution in [2.45, 2.75) is 34.1 Å². The summed E-state index contributed by atoms with van der Waals surface area (Å²) in [6.07, 6.45) is 0.117. The van der Waals surface area contributed by atoms with Gasteiger partial charge in [-0.25, -0.2) is 4.79 Å². The molecule has 0 aromatic carbocycles. The van der Waals surface area contributed by atoms with Crippen molar-refractivity contribution in [2.75, 3.05) is 0 Å². The van der Waals surface area contributed by atoms with Gasteiger partial charge in [-0.2, -0.15) is 0 Å². The molecule has 4 nitrogen and oxygen atoms in total. The maximum absolute atomic E-state index is 11.0. The highest BCUT2D eigenvalue weighted by Crippen LogP contribution is 2.18. The Hall–Kier alpha value is -0.424. The average molecular weight is 213 g/mol. The minimum atomic E-state index is -1.09. The van der Waals surface area contributed by atoms with Gasteiger partial charge in [0, 0.05) is 6.92 Å². The van der Waals surface area contributed by atoms with Crippen LogP contribution in [0.5, 0.6) is 0 Å². The Labute approximate surface area is 99.5 Å². The molecule has 0 saturated heterocycles. The minimum absolute atomic E-state index is 0. The molecule has 0 aliphatic carbocycles. The van der Waals surface area contributed by atoms with E-state index < -0.39 is 17.7 Å². The maximum Gasteiger partial charge on any atom is 0.381 e. The first-order valence-electron chi connectivity index (χ1n) is 3.98. The van der Waals surface area contributed by atoms with Gasteiger partial charge < -0.3 is 4.74 Å². The third-order valence-corrected chi connectivity index (χ3v) is 1.17. The second-order valence-electron chi connectivity index (χ2n) is 4.06. The first kappa shape index (κ1) is 16.0. The van der Waals surface area contributed by atoms with Gasteiger partial charge in [0.25, 0.3) is 0 Å². The Kier molecular flexibility index (Phi) is 7.02. The van der Waals surface area contributed by atoms with Crippen LogP contribution in [0.2, 0.25) is 0 Å². The third-order valence-electron chi connectivity index (χ3n) is 1.17. The van der Waals surface area contributed by atoms with Gasteiger partial charge in [0.1, 0.15) is 0 Å². The van der Waals surface area contributed by atoms with E-state index in [-0.39, 0.29) is 34.9 Å². The second kappa shape index (κ2) is 6.13. The lowest BCUT2D eigenvalue weighted by Crippen LogP contribution is -2.22. The number of rotatable bonds is 2. The Balaban J connectivity index is 0. The molecule has 5 heteroatoms. The predicted molar refractivity (Wildman–Crippen MR) is 54.4 cm³/mol. The van der Waals surface area contributed by atoms with Gasteiger partial charge in [-0.3, -0.25) is 9.59 Å². The summed E-state index contributed by atoms with van der Waals surface area (Å²) in [5.41, 5.74) is -0.242. The zero-order chi connectivity index (χ0) is 10.6. The van der Waals surface area contributed by atoms with E-state index >= 15 is 0 Å². The lowest BCUT2D eigenvalue weighted by molar-refractivity contribution is -0.164. The van der Waals surface area contributed by atoms with Gasteiger partial charge in [0.2, 0.25) is 5.78 Å². The Morgan fingerprint density at radius 1 is 1.14 bits per heavy atom. The molecular weight excluding hydrogens is 196 g/mol. The summed E-state index contributed by atoms with van der Waals surface area (Å²) in [5, 5.41) is 0. The van der Waals surface area contributed by atoms with Crippen LogP contribution < -0.4 is 0 Å². The molecule has 0 radical (unpaired) electrons. The van der Waals surface area contributed by atoms with Crippen molar-refractivity contribution in [1.29, 1.82) is 0 Å². The van der Waals surface area contributed by atoms with E-state index in [1.807, 2.05) is 20.8 Å². The quantitative estimate of drug-likeness (QED) is 0.283. The fourth-order valence-corrected chi connectivity index (χ4v) is 0.644. The normalized spacial score (nSPS) is 10.0. The van der Waals surface area contributed by atoms with Gasteiger partial charge in [-0.15, -0.1) is 0 Å². The summed E-state index contributed by atoms with van der Waals surface area (Å²) >= 11 is 0. The molecule has 0 saturated carbocycles. The fraction of sp³-hybridized carbons (Fsp3) is 0.667. The molecule has 0 fully saturated rings. The van der Waals surface area contributed by atoms with Crippen molar-refractivity contribution >= 4 is 40.8 Å². The first-order valence-corrected chi connectivity index (χ1v) is 3.98. The van der Waals surface area contributed by atoms with Gasteiger partial charge in [0.15, 0.2) is 0 Å². The van der Waals surface area contributed by atoms with Crippen molar-refractivity contribution in [2.24, 2.45) is 5.41 Å². The van der Waals surface area contributed by atoms with Crippen LogP contribution in [0.1, 0.15) is 34.1 Å². The topological polar surface area (TPSA) is 60.4 Å². The number of esters is 2. The maximum atomic E-state index is 11.0. The molecule has 0 aromatic heterocycles. The largest absolute Gasteiger partial charge is 0.387 e. The number of carbonyl (C=O) groups is 3. The van der Waals surface area contributed by atoms with Gasteiger partial charge >= 0.3 is 35.0 Å². The molecule has 0 aliphatic rings.